The van der Waals surface area contributed by atoms with Gasteiger partial charge in [0.25, 0.3) is 5.91 Å². The Morgan fingerprint density at radius 3 is 2.20 bits per heavy atom. The molecule has 0 unspecified atom stereocenters. The van der Waals surface area contributed by atoms with E-state index in [4.69, 9.17) is 16.3 Å². The second kappa shape index (κ2) is 4.97. The average Bonchev–Trinajstić information content (AvgIpc) is 2.78. The highest BCUT2D eigenvalue weighted by atomic mass is 16.2. The van der Waals surface area contributed by atoms with Gasteiger partial charge in [-0.25, -0.2) is 0 Å². The monoisotopic (exact) mass is 261 g/mol. The molecule has 6 nitrogen and oxygen atoms in total. The molecule has 6 heteroatoms. The molecule has 0 saturated heterocycles. The van der Waals surface area contributed by atoms with Crippen molar-refractivity contribution >= 4 is 17.2 Å². The van der Waals surface area contributed by atoms with Crippen molar-refractivity contribution in [2.45, 2.75) is 0 Å². The van der Waals surface area contributed by atoms with E-state index in [1.165, 1.54) is 0 Å². The topological polar surface area (TPSA) is 126 Å². The third-order valence-electron chi connectivity index (χ3n) is 2.75. The third kappa shape index (κ3) is 1.96. The molecule has 94 valence electrons. The lowest BCUT2D eigenvalue weighted by Gasteiger charge is -2.00. The highest BCUT2D eigenvalue weighted by Gasteiger charge is 2.30. The van der Waals surface area contributed by atoms with Gasteiger partial charge in [0, 0.05) is 5.69 Å². The predicted octanol–water partition coefficient (Wildman–Crippen LogP) is 0.977. The van der Waals surface area contributed by atoms with E-state index < -0.39 is 5.91 Å². The number of nitrogens with zero attached hydrogens (tertiary/aromatic N) is 3. The van der Waals surface area contributed by atoms with Gasteiger partial charge in [0.1, 0.15) is 18.2 Å². The second-order valence-corrected chi connectivity index (χ2v) is 3.91. The first kappa shape index (κ1) is 12.9. The molecule has 0 aliphatic carbocycles. The van der Waals surface area contributed by atoms with E-state index in [1.807, 2.05) is 6.07 Å². The Kier molecular flexibility index (Phi) is 3.20. The normalized spacial score (nSPS) is 13.2. The van der Waals surface area contributed by atoms with Gasteiger partial charge in [-0.15, -0.1) is 0 Å². The number of hydrogen-bond acceptors (Lipinski definition) is 5. The van der Waals surface area contributed by atoms with Crippen LogP contribution in [0.1, 0.15) is 5.56 Å². The van der Waals surface area contributed by atoms with Crippen molar-refractivity contribution in [2.75, 3.05) is 5.73 Å². The van der Waals surface area contributed by atoms with Crippen LogP contribution in [0.2, 0.25) is 0 Å². The summed E-state index contributed by atoms with van der Waals surface area (Å²) in [5.74, 6) is -0.524. The molecule has 1 aromatic rings. The van der Waals surface area contributed by atoms with Gasteiger partial charge >= 0.3 is 0 Å². The Balaban J connectivity index is 2.70. The fraction of sp³-hybridized carbons (Fsp3) is 0. The lowest BCUT2D eigenvalue weighted by Crippen LogP contribution is -2.17. The van der Waals surface area contributed by atoms with Crippen LogP contribution in [0.25, 0.3) is 5.57 Å². The summed E-state index contributed by atoms with van der Waals surface area (Å²) in [5, 5.41) is 29.3. The van der Waals surface area contributed by atoms with Crippen LogP contribution in [-0.2, 0) is 4.79 Å². The van der Waals surface area contributed by atoms with Crippen LogP contribution >= 0.6 is 0 Å². The van der Waals surface area contributed by atoms with Crippen LogP contribution < -0.4 is 11.1 Å². The molecular formula is C14H7N5O. The van der Waals surface area contributed by atoms with Gasteiger partial charge < -0.3 is 11.1 Å². The molecule has 2 rings (SSSR count). The molecule has 0 bridgehead atoms. The van der Waals surface area contributed by atoms with Crippen molar-refractivity contribution < 1.29 is 4.79 Å². The number of benzene rings is 1. The number of rotatable bonds is 1. The molecule has 20 heavy (non-hydrogen) atoms. The Labute approximate surface area is 114 Å². The molecule has 1 aromatic carbocycles. The molecule has 0 aromatic heterocycles. The Bertz CT molecular complexity index is 763. The molecule has 0 saturated carbocycles. The summed E-state index contributed by atoms with van der Waals surface area (Å²) in [4.78, 5) is 12.0. The van der Waals surface area contributed by atoms with E-state index in [2.05, 4.69) is 5.32 Å². The third-order valence-corrected chi connectivity index (χ3v) is 2.75. The summed E-state index contributed by atoms with van der Waals surface area (Å²) in [6.45, 7) is 0. The zero-order chi connectivity index (χ0) is 14.7. The summed E-state index contributed by atoms with van der Waals surface area (Å²) >= 11 is 0. The molecule has 3 N–H and O–H groups in total. The highest BCUT2D eigenvalue weighted by Crippen LogP contribution is 2.30. The smallest absolute Gasteiger partial charge is 0.257 e. The van der Waals surface area contributed by atoms with E-state index in [9.17, 15) is 10.1 Å². The van der Waals surface area contributed by atoms with E-state index in [-0.39, 0.29) is 22.4 Å². The van der Waals surface area contributed by atoms with Crippen LogP contribution in [0, 0.1) is 34.0 Å². The van der Waals surface area contributed by atoms with Gasteiger partial charge in [-0.2, -0.15) is 15.8 Å². The first-order valence-corrected chi connectivity index (χ1v) is 5.48. The molecule has 0 atom stereocenters. The van der Waals surface area contributed by atoms with Crippen LogP contribution in [-0.4, -0.2) is 5.91 Å². The maximum absolute atomic E-state index is 12.0. The van der Waals surface area contributed by atoms with Gasteiger partial charge in [-0.3, -0.25) is 4.79 Å². The van der Waals surface area contributed by atoms with Gasteiger partial charge in [0.05, 0.1) is 16.8 Å². The lowest BCUT2D eigenvalue weighted by molar-refractivity contribution is -0.114. The number of amides is 1. The number of hydrogen-bond donors (Lipinski definition) is 2. The number of nitriles is 3. The number of carbonyl (C=O) groups is 1. The molecule has 1 aliphatic heterocycles. The first-order valence-electron chi connectivity index (χ1n) is 5.48. The molecule has 0 fully saturated rings. The van der Waals surface area contributed by atoms with E-state index >= 15 is 0 Å². The van der Waals surface area contributed by atoms with Gasteiger partial charge in [0.2, 0.25) is 0 Å². The molecule has 1 aliphatic rings. The summed E-state index contributed by atoms with van der Waals surface area (Å²) < 4.78 is 0. The van der Waals surface area contributed by atoms with Crippen molar-refractivity contribution in [2.24, 2.45) is 0 Å². The number of allylic oxidation sites excluding steroid dienone is 2. The molecule has 0 spiro atoms. The first-order chi connectivity index (χ1) is 9.62. The van der Waals surface area contributed by atoms with Crippen molar-refractivity contribution in [1.29, 1.82) is 15.8 Å². The Morgan fingerprint density at radius 2 is 1.70 bits per heavy atom. The lowest BCUT2D eigenvalue weighted by atomic mass is 10.00. The van der Waals surface area contributed by atoms with Crippen LogP contribution in [0.5, 0.6) is 0 Å². The fourth-order valence-electron chi connectivity index (χ4n) is 1.84. The Morgan fingerprint density at radius 1 is 1.10 bits per heavy atom. The molecule has 1 amide bonds. The van der Waals surface area contributed by atoms with Crippen molar-refractivity contribution in [3.63, 3.8) is 0 Å². The minimum Gasteiger partial charge on any atom is -0.399 e. The van der Waals surface area contributed by atoms with Crippen molar-refractivity contribution in [3.05, 3.63) is 46.7 Å². The average molecular weight is 261 g/mol. The quantitative estimate of drug-likeness (QED) is 0.575. The number of nitrogens with one attached hydrogen (secondary N) is 1. The second-order valence-electron chi connectivity index (χ2n) is 3.91. The molecule has 1 heterocycles. The standard InChI is InChI=1S/C14H7N5O/c15-5-9(6-16)13-11(7-17)12(14(20)19-13)8-1-3-10(18)4-2-8/h1-4H,18H2,(H,19,20). The summed E-state index contributed by atoms with van der Waals surface area (Å²) in [6.07, 6.45) is 0. The Hall–Kier alpha value is -3.56. The van der Waals surface area contributed by atoms with Gasteiger partial charge in [-0.05, 0) is 17.7 Å². The zero-order valence-corrected chi connectivity index (χ0v) is 10.1. The van der Waals surface area contributed by atoms with Gasteiger partial charge in [0.15, 0.2) is 5.57 Å². The summed E-state index contributed by atoms with van der Waals surface area (Å²) in [6, 6.07) is 11.6. The SMILES string of the molecule is N#CC(C#N)=C1NC(=O)C(c2ccc(N)cc2)=C1C#N. The minimum absolute atomic E-state index is 0.0159. The zero-order valence-electron chi connectivity index (χ0n) is 10.1. The van der Waals surface area contributed by atoms with Crippen LogP contribution in [0.15, 0.2) is 41.1 Å². The maximum Gasteiger partial charge on any atom is 0.257 e. The van der Waals surface area contributed by atoms with E-state index in [1.54, 1.807) is 36.4 Å². The van der Waals surface area contributed by atoms with E-state index in [0.29, 0.717) is 11.3 Å². The number of nitrogen functional groups attached to an aromatic ring is 1. The van der Waals surface area contributed by atoms with Gasteiger partial charge in [-0.1, -0.05) is 12.1 Å². The largest absolute Gasteiger partial charge is 0.399 e. The predicted molar refractivity (Wildman–Crippen MR) is 69.8 cm³/mol. The fourth-order valence-corrected chi connectivity index (χ4v) is 1.84. The minimum atomic E-state index is -0.524. The van der Waals surface area contributed by atoms with Crippen LogP contribution in [0.3, 0.4) is 0 Å². The molecule has 0 radical (unpaired) electrons. The summed E-state index contributed by atoms with van der Waals surface area (Å²) in [7, 11) is 0. The van der Waals surface area contributed by atoms with Crippen molar-refractivity contribution in [1.82, 2.24) is 5.32 Å². The number of nitrogens with two attached hydrogens (primary N) is 1. The molecular weight excluding hydrogens is 254 g/mol. The number of carbonyl (C=O) groups excluding carboxylic acids is 1. The van der Waals surface area contributed by atoms with Crippen LogP contribution in [0.4, 0.5) is 5.69 Å². The summed E-state index contributed by atoms with van der Waals surface area (Å²) in [5.41, 5.74) is 6.35. The van der Waals surface area contributed by atoms with E-state index in [0.717, 1.165) is 0 Å². The highest BCUT2D eigenvalue weighted by molar-refractivity contribution is 6.26. The van der Waals surface area contributed by atoms with Crippen molar-refractivity contribution in [3.8, 4) is 18.2 Å². The maximum atomic E-state index is 12.0. The number of anilines is 1.